The molecule has 366 valence electrons. The van der Waals surface area contributed by atoms with Gasteiger partial charge in [0, 0.05) is 65.1 Å². The van der Waals surface area contributed by atoms with Crippen LogP contribution >= 0.6 is 0 Å². The highest BCUT2D eigenvalue weighted by Gasteiger charge is 2.55. The van der Waals surface area contributed by atoms with Gasteiger partial charge in [0.2, 0.25) is 5.79 Å². The molecule has 0 aromatic carbocycles. The molecule has 0 aromatic heterocycles. The average molecular weight is 914 g/mol. The number of aliphatic hydroxyl groups excluding tert-OH is 2. The van der Waals surface area contributed by atoms with Gasteiger partial charge in [-0.15, -0.1) is 0 Å². The number of piperidine rings is 1. The van der Waals surface area contributed by atoms with Gasteiger partial charge >= 0.3 is 5.97 Å². The van der Waals surface area contributed by atoms with Gasteiger partial charge < -0.3 is 43.9 Å². The van der Waals surface area contributed by atoms with Crippen LogP contribution in [0.4, 0.5) is 0 Å². The Labute approximate surface area is 387 Å². The van der Waals surface area contributed by atoms with Gasteiger partial charge in [0.05, 0.1) is 18.3 Å². The molecule has 4 aliphatic rings. The lowest BCUT2D eigenvalue weighted by Gasteiger charge is -2.50. The lowest BCUT2D eigenvalue weighted by Crippen LogP contribution is -2.64. The van der Waals surface area contributed by atoms with Gasteiger partial charge in [-0.1, -0.05) is 77.0 Å². The van der Waals surface area contributed by atoms with Crippen LogP contribution in [0.1, 0.15) is 119 Å². The molecule has 65 heavy (non-hydrogen) atoms. The van der Waals surface area contributed by atoms with Crippen LogP contribution in [0, 0.1) is 41.4 Å². The van der Waals surface area contributed by atoms with Gasteiger partial charge in [-0.3, -0.25) is 19.2 Å². The smallest absolute Gasteiger partial charge is 0.329 e. The molecule has 4 rings (SSSR count). The molecular weight excluding hydrogens is 835 g/mol. The maximum Gasteiger partial charge on any atom is 0.329 e. The molecule has 0 aromatic rings. The summed E-state index contributed by atoms with van der Waals surface area (Å²) in [5.41, 5.74) is 1.41. The first kappa shape index (κ1) is 54.2. The Balaban J connectivity index is 1.70. The molecule has 0 radical (unpaired) electrons. The summed E-state index contributed by atoms with van der Waals surface area (Å²) in [6.45, 7) is 11.0. The lowest BCUT2D eigenvalue weighted by atomic mass is 9.68. The zero-order valence-corrected chi connectivity index (χ0v) is 40.6. The first-order chi connectivity index (χ1) is 30.8. The Morgan fingerprint density at radius 1 is 0.815 bits per heavy atom. The molecule has 3 heterocycles. The number of carbonyl (C=O) groups is 5. The van der Waals surface area contributed by atoms with Crippen molar-refractivity contribution in [3.63, 3.8) is 0 Å². The maximum absolute atomic E-state index is 14.3. The lowest BCUT2D eigenvalue weighted by molar-refractivity contribution is -0.218. The third kappa shape index (κ3) is 13.6. The van der Waals surface area contributed by atoms with Crippen molar-refractivity contribution < 1.29 is 63.0 Å². The molecule has 1 unspecified atom stereocenters. The third-order valence-corrected chi connectivity index (χ3v) is 14.8. The number of methoxy groups -OCH3 is 4. The third-order valence-electron chi connectivity index (χ3n) is 14.8. The number of ether oxygens (including phenoxy) is 5. The van der Waals surface area contributed by atoms with Crippen molar-refractivity contribution in [2.45, 2.75) is 167 Å². The number of ketones is 3. The number of Topliss-reactive ketones (excluding diaryl/α,β-unsaturated/α-hetero) is 3. The molecule has 14 heteroatoms. The quantitative estimate of drug-likeness (QED) is 0.121. The van der Waals surface area contributed by atoms with Gasteiger partial charge in [-0.05, 0) is 101 Å². The Morgan fingerprint density at radius 3 is 2.18 bits per heavy atom. The summed E-state index contributed by atoms with van der Waals surface area (Å²) in [6, 6.07) is -1.12. The molecule has 15 atom stereocenters. The zero-order valence-electron chi connectivity index (χ0n) is 40.6. The number of aliphatic hydroxyl groups is 3. The summed E-state index contributed by atoms with van der Waals surface area (Å²) < 4.78 is 28.6. The number of fused-ring (bicyclic) bond motifs is 2. The summed E-state index contributed by atoms with van der Waals surface area (Å²) in [5.74, 6) is -8.49. The fraction of sp³-hybridized carbons (Fsp3) is 0.745. The molecule has 3 N–H and O–H groups in total. The molecule has 3 aliphatic heterocycles. The minimum absolute atomic E-state index is 0.0475. The summed E-state index contributed by atoms with van der Waals surface area (Å²) in [4.78, 5) is 71.6. The number of nitrogens with zero attached hydrogens (tertiary/aromatic N) is 1. The SMILES string of the molecule is CO[C@H]1CCCC[C@@H](C)[C@@](O)(OC)C(=O)C(=O)N2CCC[C@@H]3C(C[C@@H]4CC[C@@H](O)[C@H](OC)C4)[C@H](CC(=O)[C@H](C)/C=C(\C)[C@@H](O)[C@@H](OC)C(=O)[C@H](C)C[C@H](C)/C=C/C=C/C=C1C)OC(=O)[C@H]32. The van der Waals surface area contributed by atoms with Crippen molar-refractivity contribution in [1.82, 2.24) is 4.90 Å². The van der Waals surface area contributed by atoms with Gasteiger partial charge in [-0.2, -0.15) is 0 Å². The monoisotopic (exact) mass is 914 g/mol. The number of hydrogen-bond donors (Lipinski definition) is 3. The van der Waals surface area contributed by atoms with E-state index < -0.39 is 83.5 Å². The zero-order chi connectivity index (χ0) is 48.2. The Hall–Kier alpha value is -3.37. The van der Waals surface area contributed by atoms with Crippen LogP contribution in [-0.4, -0.2) is 133 Å². The van der Waals surface area contributed by atoms with E-state index in [2.05, 4.69) is 0 Å². The van der Waals surface area contributed by atoms with E-state index in [-0.39, 0.29) is 48.6 Å². The highest BCUT2D eigenvalue weighted by molar-refractivity contribution is 6.39. The summed E-state index contributed by atoms with van der Waals surface area (Å²) in [7, 11) is 5.79. The highest BCUT2D eigenvalue weighted by atomic mass is 16.6. The van der Waals surface area contributed by atoms with E-state index in [9.17, 15) is 39.3 Å². The number of allylic oxidation sites excluding steroid dienone is 6. The minimum atomic E-state index is -2.44. The van der Waals surface area contributed by atoms with Crippen molar-refractivity contribution in [2.75, 3.05) is 35.0 Å². The summed E-state index contributed by atoms with van der Waals surface area (Å²) in [6.07, 6.45) is 13.0. The van der Waals surface area contributed by atoms with Crippen molar-refractivity contribution >= 4 is 29.2 Å². The molecule has 1 aliphatic carbocycles. The van der Waals surface area contributed by atoms with E-state index in [1.54, 1.807) is 41.1 Å². The average Bonchev–Trinajstić information content (AvgIpc) is 3.29. The second kappa shape index (κ2) is 25.1. The second-order valence-electron chi connectivity index (χ2n) is 19.5. The standard InChI is InChI=1S/C51H79NO13/c1-30-17-12-11-13-18-31(2)41(61-7)21-15-14-19-35(6)51(60,64-10)48(57)49(58)52-24-16-20-37-38(27-36-22-23-39(53)43(28-36)62-8)42(65-50(59)44(37)52)29-40(54)32(3)26-34(5)46(56)47(63-9)45(55)33(4)25-30/h11-13,17-18,26,30,32-33,35-39,41-44,46-47,53,56,60H,14-16,19-25,27-29H2,1-10H3/b13-11+,17-12+,31-18?,34-26+/t30-,32-,33-,35-,36+,37-,38?,39-,41+,42+,43-,44+,46-,47+,51-/m1/s1. The molecule has 0 spiro atoms. The fourth-order valence-corrected chi connectivity index (χ4v) is 10.7. The molecule has 2 bridgehead atoms. The van der Waals surface area contributed by atoms with Crippen LogP contribution < -0.4 is 0 Å². The van der Waals surface area contributed by atoms with Gasteiger partial charge in [0.25, 0.3) is 11.7 Å². The van der Waals surface area contributed by atoms with E-state index in [1.807, 2.05) is 51.2 Å². The number of amides is 1. The van der Waals surface area contributed by atoms with Crippen molar-refractivity contribution in [2.24, 2.45) is 41.4 Å². The van der Waals surface area contributed by atoms with Crippen LogP contribution in [0.15, 0.2) is 47.6 Å². The Kier molecular flexibility index (Phi) is 21.0. The van der Waals surface area contributed by atoms with E-state index in [0.29, 0.717) is 76.2 Å². The molecule has 1 amide bonds. The van der Waals surface area contributed by atoms with E-state index in [4.69, 9.17) is 23.7 Å². The van der Waals surface area contributed by atoms with E-state index in [1.165, 1.54) is 19.1 Å². The van der Waals surface area contributed by atoms with Crippen molar-refractivity contribution in [3.05, 3.63) is 47.6 Å². The predicted molar refractivity (Wildman–Crippen MR) is 245 cm³/mol. The fourth-order valence-electron chi connectivity index (χ4n) is 10.7. The van der Waals surface area contributed by atoms with Crippen molar-refractivity contribution in [1.29, 1.82) is 0 Å². The van der Waals surface area contributed by atoms with Crippen LogP contribution in [-0.2, 0) is 47.7 Å². The highest BCUT2D eigenvalue weighted by Crippen LogP contribution is 2.45. The largest absolute Gasteiger partial charge is 0.460 e. The maximum atomic E-state index is 14.3. The van der Waals surface area contributed by atoms with Crippen LogP contribution in [0.2, 0.25) is 0 Å². The molecular formula is C51H79NO13. The normalized spacial score (nSPS) is 40.3. The van der Waals surface area contributed by atoms with Crippen LogP contribution in [0.3, 0.4) is 0 Å². The second-order valence-corrected chi connectivity index (χ2v) is 19.5. The number of esters is 1. The van der Waals surface area contributed by atoms with Crippen LogP contribution in [0.5, 0.6) is 0 Å². The van der Waals surface area contributed by atoms with Crippen molar-refractivity contribution in [3.8, 4) is 0 Å². The first-order valence-electron chi connectivity index (χ1n) is 23.9. The van der Waals surface area contributed by atoms with E-state index >= 15 is 0 Å². The number of rotatable bonds is 6. The topological polar surface area (TPSA) is 195 Å². The molecule has 1 saturated carbocycles. The van der Waals surface area contributed by atoms with Gasteiger partial charge in [-0.25, -0.2) is 4.79 Å². The first-order valence-corrected chi connectivity index (χ1v) is 23.9. The van der Waals surface area contributed by atoms with Gasteiger partial charge in [0.15, 0.2) is 5.78 Å². The number of hydrogen-bond acceptors (Lipinski definition) is 13. The molecule has 2 saturated heterocycles. The Bertz CT molecular complexity index is 1760. The molecule has 3 fully saturated rings. The van der Waals surface area contributed by atoms with Gasteiger partial charge in [0.1, 0.15) is 30.1 Å². The van der Waals surface area contributed by atoms with Crippen LogP contribution in [0.25, 0.3) is 0 Å². The molecule has 14 nitrogen and oxygen atoms in total. The Morgan fingerprint density at radius 2 is 1.52 bits per heavy atom. The van der Waals surface area contributed by atoms with E-state index in [0.717, 1.165) is 5.57 Å². The number of carbonyl (C=O) groups excluding carboxylic acids is 5. The summed E-state index contributed by atoms with van der Waals surface area (Å²) in [5, 5.41) is 33.8. The summed E-state index contributed by atoms with van der Waals surface area (Å²) >= 11 is 0. The predicted octanol–water partition coefficient (Wildman–Crippen LogP) is 6.04. The minimum Gasteiger partial charge on any atom is -0.460 e.